The van der Waals surface area contributed by atoms with E-state index in [1.807, 2.05) is 24.4 Å². The van der Waals surface area contributed by atoms with Gasteiger partial charge < -0.3 is 4.98 Å². The van der Waals surface area contributed by atoms with E-state index in [0.717, 1.165) is 22.3 Å². The van der Waals surface area contributed by atoms with Gasteiger partial charge in [0, 0.05) is 22.7 Å². The highest BCUT2D eigenvalue weighted by Crippen LogP contribution is 2.27. The van der Waals surface area contributed by atoms with Crippen LogP contribution in [0.3, 0.4) is 0 Å². The summed E-state index contributed by atoms with van der Waals surface area (Å²) in [6.07, 6.45) is 1.93. The number of rotatable bonds is 2. The SMILES string of the molecule is SSc1n[nH]c(-c2c[nH]c3ccccc23)n1. The number of hydrogen-bond acceptors (Lipinski definition) is 4. The highest BCUT2D eigenvalue weighted by molar-refractivity contribution is 8.68. The van der Waals surface area contributed by atoms with Crippen LogP contribution >= 0.6 is 22.5 Å². The second kappa shape index (κ2) is 3.88. The molecule has 0 unspecified atom stereocenters. The standard InChI is InChI=1S/C10H8N4S2/c15-16-10-12-9(13-14-10)7-5-11-8-4-2-1-3-6(7)8/h1-5,11,15H,(H,12,13,14). The molecule has 6 heteroatoms. The Balaban J connectivity index is 2.18. The van der Waals surface area contributed by atoms with Crippen molar-refractivity contribution in [2.75, 3.05) is 0 Å². The normalized spacial score (nSPS) is 11.1. The summed E-state index contributed by atoms with van der Waals surface area (Å²) in [6, 6.07) is 8.09. The van der Waals surface area contributed by atoms with Crippen LogP contribution < -0.4 is 0 Å². The number of fused-ring (bicyclic) bond motifs is 1. The van der Waals surface area contributed by atoms with Crippen molar-refractivity contribution in [3.8, 4) is 11.4 Å². The summed E-state index contributed by atoms with van der Waals surface area (Å²) in [5.74, 6) is 0.758. The lowest BCUT2D eigenvalue weighted by Gasteiger charge is -1.92. The predicted molar refractivity (Wildman–Crippen MR) is 68.5 cm³/mol. The van der Waals surface area contributed by atoms with Crippen LogP contribution in [0.5, 0.6) is 0 Å². The van der Waals surface area contributed by atoms with Crippen molar-refractivity contribution in [3.05, 3.63) is 30.5 Å². The Bertz CT molecular complexity index is 628. The first kappa shape index (κ1) is 9.80. The second-order valence-electron chi connectivity index (χ2n) is 3.31. The van der Waals surface area contributed by atoms with Crippen LogP contribution in [-0.2, 0) is 0 Å². The number of aromatic amines is 2. The Kier molecular flexibility index (Phi) is 2.37. The number of nitrogens with zero attached hydrogens (tertiary/aromatic N) is 2. The lowest BCUT2D eigenvalue weighted by atomic mass is 10.2. The summed E-state index contributed by atoms with van der Waals surface area (Å²) in [7, 11) is 1.22. The van der Waals surface area contributed by atoms with Gasteiger partial charge in [-0.05, 0) is 16.9 Å². The van der Waals surface area contributed by atoms with Gasteiger partial charge in [0.05, 0.1) is 0 Å². The molecule has 0 saturated heterocycles. The monoisotopic (exact) mass is 248 g/mol. The summed E-state index contributed by atoms with van der Waals surface area (Å²) >= 11 is 4.06. The minimum Gasteiger partial charge on any atom is -0.360 e. The van der Waals surface area contributed by atoms with Crippen molar-refractivity contribution in [2.24, 2.45) is 0 Å². The van der Waals surface area contributed by atoms with Crippen molar-refractivity contribution in [1.29, 1.82) is 0 Å². The van der Waals surface area contributed by atoms with Crippen LogP contribution in [0.1, 0.15) is 0 Å². The van der Waals surface area contributed by atoms with Crippen LogP contribution in [0.15, 0.2) is 35.6 Å². The van der Waals surface area contributed by atoms with E-state index in [2.05, 4.69) is 37.9 Å². The molecule has 2 heterocycles. The van der Waals surface area contributed by atoms with E-state index < -0.39 is 0 Å². The highest BCUT2D eigenvalue weighted by Gasteiger charge is 2.09. The summed E-state index contributed by atoms with van der Waals surface area (Å²) < 4.78 is 0. The number of aromatic nitrogens is 4. The predicted octanol–water partition coefficient (Wildman–Crippen LogP) is 2.89. The van der Waals surface area contributed by atoms with Gasteiger partial charge in [-0.25, -0.2) is 4.98 Å². The minimum atomic E-state index is 0.628. The van der Waals surface area contributed by atoms with Gasteiger partial charge in [0.15, 0.2) is 5.82 Å². The van der Waals surface area contributed by atoms with E-state index in [4.69, 9.17) is 0 Å². The fraction of sp³-hybridized carbons (Fsp3) is 0. The molecule has 0 spiro atoms. The number of nitrogens with one attached hydrogen (secondary N) is 2. The Morgan fingerprint density at radius 1 is 1.25 bits per heavy atom. The Hall–Kier alpha value is -1.40. The summed E-state index contributed by atoms with van der Waals surface area (Å²) in [4.78, 5) is 7.52. The molecule has 0 aliphatic heterocycles. The quantitative estimate of drug-likeness (QED) is 0.483. The highest BCUT2D eigenvalue weighted by atomic mass is 33.1. The molecule has 0 saturated carbocycles. The smallest absolute Gasteiger partial charge is 0.219 e. The first-order chi connectivity index (χ1) is 7.88. The summed E-state index contributed by atoms with van der Waals surface area (Å²) in [6.45, 7) is 0. The van der Waals surface area contributed by atoms with E-state index in [1.165, 1.54) is 10.8 Å². The molecular formula is C10H8N4S2. The third-order valence-electron chi connectivity index (χ3n) is 2.39. The van der Waals surface area contributed by atoms with Crippen LogP contribution in [0, 0.1) is 0 Å². The molecule has 0 amide bonds. The number of H-pyrrole nitrogens is 2. The Labute approximate surface area is 101 Å². The Morgan fingerprint density at radius 2 is 2.12 bits per heavy atom. The third kappa shape index (κ3) is 1.50. The average Bonchev–Trinajstić information content (AvgIpc) is 2.94. The average molecular weight is 248 g/mol. The van der Waals surface area contributed by atoms with Gasteiger partial charge in [-0.3, -0.25) is 5.10 Å². The molecule has 0 bridgehead atoms. The van der Waals surface area contributed by atoms with E-state index in [-0.39, 0.29) is 0 Å². The van der Waals surface area contributed by atoms with Gasteiger partial charge in [-0.1, -0.05) is 18.2 Å². The zero-order valence-electron chi connectivity index (χ0n) is 8.14. The van der Waals surface area contributed by atoms with E-state index >= 15 is 0 Å². The van der Waals surface area contributed by atoms with Crippen LogP contribution in [0.2, 0.25) is 0 Å². The molecule has 0 aliphatic rings. The van der Waals surface area contributed by atoms with Crippen molar-refractivity contribution in [2.45, 2.75) is 5.16 Å². The summed E-state index contributed by atoms with van der Waals surface area (Å²) in [5.41, 5.74) is 2.12. The largest absolute Gasteiger partial charge is 0.360 e. The molecule has 0 radical (unpaired) electrons. The first-order valence-corrected chi connectivity index (χ1v) is 6.55. The molecule has 1 aromatic carbocycles. The topological polar surface area (TPSA) is 57.4 Å². The van der Waals surface area contributed by atoms with E-state index in [9.17, 15) is 0 Å². The van der Waals surface area contributed by atoms with E-state index in [0.29, 0.717) is 5.16 Å². The fourth-order valence-electron chi connectivity index (χ4n) is 1.68. The van der Waals surface area contributed by atoms with Crippen LogP contribution in [-0.4, -0.2) is 20.2 Å². The molecule has 80 valence electrons. The van der Waals surface area contributed by atoms with Crippen molar-refractivity contribution < 1.29 is 0 Å². The van der Waals surface area contributed by atoms with Gasteiger partial charge >= 0.3 is 0 Å². The molecule has 3 rings (SSSR count). The van der Waals surface area contributed by atoms with Gasteiger partial charge in [0.25, 0.3) is 0 Å². The van der Waals surface area contributed by atoms with Crippen molar-refractivity contribution in [1.82, 2.24) is 20.2 Å². The first-order valence-electron chi connectivity index (χ1n) is 4.69. The molecule has 0 fully saturated rings. The van der Waals surface area contributed by atoms with Crippen LogP contribution in [0.4, 0.5) is 0 Å². The van der Waals surface area contributed by atoms with Crippen molar-refractivity contribution >= 4 is 33.4 Å². The lowest BCUT2D eigenvalue weighted by Crippen LogP contribution is -1.77. The number of para-hydroxylation sites is 1. The third-order valence-corrected chi connectivity index (χ3v) is 3.23. The van der Waals surface area contributed by atoms with Gasteiger partial charge in [0.1, 0.15) is 0 Å². The molecule has 4 nitrogen and oxygen atoms in total. The zero-order chi connectivity index (χ0) is 11.0. The maximum absolute atomic E-state index is 4.32. The number of hydrogen-bond donors (Lipinski definition) is 3. The molecule has 2 N–H and O–H groups in total. The van der Waals surface area contributed by atoms with Crippen molar-refractivity contribution in [3.63, 3.8) is 0 Å². The zero-order valence-corrected chi connectivity index (χ0v) is 9.85. The molecule has 16 heavy (non-hydrogen) atoms. The van der Waals surface area contributed by atoms with Crippen LogP contribution in [0.25, 0.3) is 22.3 Å². The molecule has 0 aliphatic carbocycles. The van der Waals surface area contributed by atoms with Gasteiger partial charge in [-0.15, -0.1) is 16.8 Å². The molecular weight excluding hydrogens is 240 g/mol. The Morgan fingerprint density at radius 3 is 2.94 bits per heavy atom. The van der Waals surface area contributed by atoms with E-state index in [1.54, 1.807) is 0 Å². The molecule has 2 aromatic heterocycles. The maximum Gasteiger partial charge on any atom is 0.219 e. The molecule has 3 aromatic rings. The lowest BCUT2D eigenvalue weighted by molar-refractivity contribution is 0.979. The van der Waals surface area contributed by atoms with Gasteiger partial charge in [-0.2, -0.15) is 0 Å². The fourth-order valence-corrected chi connectivity index (χ4v) is 2.14. The summed E-state index contributed by atoms with van der Waals surface area (Å²) in [5, 5.41) is 8.70. The number of thiol groups is 1. The maximum atomic E-state index is 4.32. The van der Waals surface area contributed by atoms with Gasteiger partial charge in [0.2, 0.25) is 5.16 Å². The number of benzene rings is 1. The second-order valence-corrected chi connectivity index (χ2v) is 4.40. The molecule has 0 atom stereocenters. The minimum absolute atomic E-state index is 0.628.